The highest BCUT2D eigenvalue weighted by molar-refractivity contribution is 5.93. The number of carbonyl (C=O) groups is 2. The van der Waals surface area contributed by atoms with Crippen LogP contribution in [0.1, 0.15) is 30.6 Å². The number of nitrogens with zero attached hydrogens (tertiary/aromatic N) is 2. The van der Waals surface area contributed by atoms with Crippen LogP contribution < -0.4 is 4.57 Å². The molecule has 0 spiro atoms. The van der Waals surface area contributed by atoms with E-state index in [0.717, 1.165) is 17.6 Å². The lowest BCUT2D eigenvalue weighted by atomic mass is 10.1. The molecule has 4 nitrogen and oxygen atoms in total. The van der Waals surface area contributed by atoms with Crippen molar-refractivity contribution in [2.24, 2.45) is 7.05 Å². The maximum atomic E-state index is 10.8. The number of aryl methyl sites for hydroxylation is 1. The third kappa shape index (κ3) is 5.18. The van der Waals surface area contributed by atoms with E-state index in [0.29, 0.717) is 0 Å². The molecule has 0 aromatic carbocycles. The van der Waals surface area contributed by atoms with E-state index < -0.39 is 0 Å². The van der Waals surface area contributed by atoms with Crippen LogP contribution in [-0.2, 0) is 11.8 Å². The Kier molecular flexibility index (Phi) is 5.84. The Bertz CT molecular complexity index is 559. The molecule has 0 aliphatic carbocycles. The van der Waals surface area contributed by atoms with Crippen LogP contribution in [0.3, 0.4) is 0 Å². The number of Topliss-reactive ketones (excluding diaryl/α,β-unsaturated/α-hetero) is 2. The van der Waals surface area contributed by atoms with E-state index in [-0.39, 0.29) is 11.6 Å². The third-order valence-electron chi connectivity index (χ3n) is 2.84. The molecule has 0 radical (unpaired) electrons. The average molecular weight is 273 g/mol. The molecule has 1 aromatic heterocycles. The smallest absolute Gasteiger partial charge is 0.179 e. The molecule has 0 amide bonds. The number of hydrogen-bond donors (Lipinski definition) is 0. The molecule has 1 aromatic rings. The molecular formula is C16H21N2O2+. The molecule has 0 saturated carbocycles. The van der Waals surface area contributed by atoms with Crippen molar-refractivity contribution in [1.29, 1.82) is 0 Å². The van der Waals surface area contributed by atoms with Crippen molar-refractivity contribution in [3.8, 4) is 0 Å². The predicted molar refractivity (Wildman–Crippen MR) is 77.9 cm³/mol. The molecular weight excluding hydrogens is 252 g/mol. The number of allylic oxidation sites excluding steroid dienone is 2. The van der Waals surface area contributed by atoms with Crippen molar-refractivity contribution < 1.29 is 14.2 Å². The first-order valence-electron chi connectivity index (χ1n) is 6.46. The fourth-order valence-corrected chi connectivity index (χ4v) is 1.72. The van der Waals surface area contributed by atoms with Gasteiger partial charge in [-0.15, -0.1) is 0 Å². The maximum Gasteiger partial charge on any atom is 0.179 e. The molecule has 0 saturated heterocycles. The number of pyridine rings is 1. The Morgan fingerprint density at radius 3 is 2.35 bits per heavy atom. The second kappa shape index (κ2) is 7.38. The van der Waals surface area contributed by atoms with Gasteiger partial charge in [-0.2, -0.15) is 0 Å². The Hall–Kier alpha value is -2.23. The number of hydrogen-bond acceptors (Lipinski definition) is 3. The lowest BCUT2D eigenvalue weighted by Crippen LogP contribution is -2.27. The Morgan fingerprint density at radius 1 is 1.25 bits per heavy atom. The molecule has 0 unspecified atom stereocenters. The monoisotopic (exact) mass is 273 g/mol. The van der Waals surface area contributed by atoms with Gasteiger partial charge in [-0.05, 0) is 32.5 Å². The summed E-state index contributed by atoms with van der Waals surface area (Å²) >= 11 is 0. The molecule has 0 N–H and O–H groups in total. The fraction of sp³-hybridized carbons (Fsp3) is 0.312. The Labute approximate surface area is 120 Å². The van der Waals surface area contributed by atoms with E-state index in [4.69, 9.17) is 0 Å². The first-order valence-corrected chi connectivity index (χ1v) is 6.46. The molecule has 2 heterocycles. The van der Waals surface area contributed by atoms with Gasteiger partial charge in [0.05, 0.1) is 5.56 Å². The number of carbonyl (C=O) groups excluding carboxylic acids is 2. The fourth-order valence-electron chi connectivity index (χ4n) is 1.72. The second-order valence-corrected chi connectivity index (χ2v) is 4.78. The van der Waals surface area contributed by atoms with E-state index in [2.05, 4.69) is 0 Å². The summed E-state index contributed by atoms with van der Waals surface area (Å²) in [5.41, 5.74) is 1.63. The number of aromatic nitrogens is 1. The standard InChI is InChI=1S/C8H11NO.C8H10NO/c2*1-7(10)8-4-3-5-9(2)6-8/h3,5-6H,4H2,1-2H3;3-6H,1-2H3/q;+1. The summed E-state index contributed by atoms with van der Waals surface area (Å²) in [6, 6.07) is 3.67. The third-order valence-corrected chi connectivity index (χ3v) is 2.84. The summed E-state index contributed by atoms with van der Waals surface area (Å²) in [7, 11) is 3.81. The quantitative estimate of drug-likeness (QED) is 0.611. The van der Waals surface area contributed by atoms with Crippen molar-refractivity contribution >= 4 is 11.6 Å². The van der Waals surface area contributed by atoms with Gasteiger partial charge in [0.2, 0.25) is 0 Å². The second-order valence-electron chi connectivity index (χ2n) is 4.78. The summed E-state index contributed by atoms with van der Waals surface area (Å²) in [5.74, 6) is 0.271. The topological polar surface area (TPSA) is 41.3 Å². The highest BCUT2D eigenvalue weighted by atomic mass is 16.1. The zero-order valence-corrected chi connectivity index (χ0v) is 12.5. The molecule has 0 fully saturated rings. The van der Waals surface area contributed by atoms with Crippen LogP contribution in [0.5, 0.6) is 0 Å². The lowest BCUT2D eigenvalue weighted by Gasteiger charge is -2.14. The van der Waals surface area contributed by atoms with E-state index in [1.54, 1.807) is 13.8 Å². The van der Waals surface area contributed by atoms with E-state index in [1.165, 1.54) is 0 Å². The van der Waals surface area contributed by atoms with Gasteiger partial charge in [0.1, 0.15) is 7.05 Å². The molecule has 0 bridgehead atoms. The van der Waals surface area contributed by atoms with Gasteiger partial charge >= 0.3 is 0 Å². The minimum atomic E-state index is 0.108. The van der Waals surface area contributed by atoms with Crippen molar-refractivity contribution in [3.63, 3.8) is 0 Å². The summed E-state index contributed by atoms with van der Waals surface area (Å²) < 4.78 is 1.86. The SMILES string of the molecule is CC(=O)C1=CN(C)C=CC1.CC(=O)c1ccc[n+](C)c1. The number of ketones is 2. The predicted octanol–water partition coefficient (Wildman–Crippen LogP) is 2.02. The van der Waals surface area contributed by atoms with Crippen LogP contribution in [0.4, 0.5) is 0 Å². The normalized spacial score (nSPS) is 13.2. The molecule has 0 atom stereocenters. The highest BCUT2D eigenvalue weighted by Crippen LogP contribution is 2.10. The summed E-state index contributed by atoms with van der Waals surface area (Å²) in [6.45, 7) is 3.16. The summed E-state index contributed by atoms with van der Waals surface area (Å²) in [6.07, 6.45) is 10.3. The van der Waals surface area contributed by atoms with Crippen molar-refractivity contribution in [1.82, 2.24) is 4.90 Å². The molecule has 106 valence electrons. The van der Waals surface area contributed by atoms with Gasteiger partial charge in [-0.25, -0.2) is 4.57 Å². The maximum absolute atomic E-state index is 10.8. The molecule has 1 aliphatic heterocycles. The Balaban J connectivity index is 0.000000200. The van der Waals surface area contributed by atoms with Crippen molar-refractivity contribution in [3.05, 3.63) is 54.1 Å². The number of rotatable bonds is 2. The summed E-state index contributed by atoms with van der Waals surface area (Å²) in [5, 5.41) is 0. The zero-order chi connectivity index (χ0) is 15.1. The van der Waals surface area contributed by atoms with E-state index >= 15 is 0 Å². The summed E-state index contributed by atoms with van der Waals surface area (Å²) in [4.78, 5) is 23.5. The van der Waals surface area contributed by atoms with Gasteiger partial charge in [0, 0.05) is 24.9 Å². The first-order chi connectivity index (χ1) is 9.40. The molecule has 4 heteroatoms. The van der Waals surface area contributed by atoms with Gasteiger partial charge in [-0.1, -0.05) is 6.08 Å². The highest BCUT2D eigenvalue weighted by Gasteiger charge is 2.05. The van der Waals surface area contributed by atoms with Crippen LogP contribution in [0.2, 0.25) is 0 Å². The van der Waals surface area contributed by atoms with Crippen LogP contribution in [-0.4, -0.2) is 23.5 Å². The van der Waals surface area contributed by atoms with Crippen LogP contribution in [0.25, 0.3) is 0 Å². The Morgan fingerprint density at radius 2 is 1.95 bits per heavy atom. The van der Waals surface area contributed by atoms with Gasteiger partial charge < -0.3 is 4.90 Å². The van der Waals surface area contributed by atoms with E-state index in [1.807, 2.05) is 66.6 Å². The van der Waals surface area contributed by atoms with Gasteiger partial charge in [0.25, 0.3) is 0 Å². The van der Waals surface area contributed by atoms with Gasteiger partial charge in [-0.3, -0.25) is 9.59 Å². The van der Waals surface area contributed by atoms with Crippen molar-refractivity contribution in [2.45, 2.75) is 20.3 Å². The molecule has 1 aliphatic rings. The zero-order valence-electron chi connectivity index (χ0n) is 12.5. The van der Waals surface area contributed by atoms with Crippen LogP contribution in [0.15, 0.2) is 48.6 Å². The minimum Gasteiger partial charge on any atom is -0.357 e. The molecule has 2 rings (SSSR count). The van der Waals surface area contributed by atoms with E-state index in [9.17, 15) is 9.59 Å². The van der Waals surface area contributed by atoms with Gasteiger partial charge in [0.15, 0.2) is 24.0 Å². The first kappa shape index (κ1) is 15.8. The minimum absolute atomic E-state index is 0.108. The lowest BCUT2D eigenvalue weighted by molar-refractivity contribution is -0.671. The average Bonchev–Trinajstić information content (AvgIpc) is 2.39. The largest absolute Gasteiger partial charge is 0.357 e. The van der Waals surface area contributed by atoms with Crippen LogP contribution >= 0.6 is 0 Å². The molecule has 20 heavy (non-hydrogen) atoms. The van der Waals surface area contributed by atoms with Crippen molar-refractivity contribution in [2.75, 3.05) is 7.05 Å². The van der Waals surface area contributed by atoms with Crippen LogP contribution in [0, 0.1) is 0 Å².